The molecule has 1 aromatic carbocycles. The summed E-state index contributed by atoms with van der Waals surface area (Å²) in [5.74, 6) is 0.806. The molecule has 3 nitrogen and oxygen atoms in total. The van der Waals surface area contributed by atoms with Crippen molar-refractivity contribution in [3.05, 3.63) is 46.4 Å². The number of aromatic nitrogens is 1. The van der Waals surface area contributed by atoms with Gasteiger partial charge in [0.15, 0.2) is 0 Å². The molecule has 0 radical (unpaired) electrons. The lowest BCUT2D eigenvalue weighted by atomic mass is 10.2. The Labute approximate surface area is 92.0 Å². The minimum absolute atomic E-state index is 0.0646. The third-order valence-corrected chi connectivity index (χ3v) is 2.72. The highest BCUT2D eigenvalue weighted by Gasteiger charge is 1.97. The second kappa shape index (κ2) is 4.91. The first-order valence-corrected chi connectivity index (χ1v) is 5.46. The summed E-state index contributed by atoms with van der Waals surface area (Å²) in [4.78, 5) is 5.07. The van der Waals surface area contributed by atoms with Crippen molar-refractivity contribution in [3.63, 3.8) is 0 Å². The van der Waals surface area contributed by atoms with Crippen LogP contribution in [0, 0.1) is 0 Å². The van der Waals surface area contributed by atoms with Gasteiger partial charge in [0.25, 0.3) is 0 Å². The van der Waals surface area contributed by atoms with Crippen molar-refractivity contribution in [2.24, 2.45) is 0 Å². The van der Waals surface area contributed by atoms with Gasteiger partial charge in [0.05, 0.1) is 17.0 Å². The molecule has 0 aliphatic heterocycles. The van der Waals surface area contributed by atoms with Crippen molar-refractivity contribution in [2.45, 2.75) is 13.2 Å². The Hall–Kier alpha value is -1.39. The first-order chi connectivity index (χ1) is 7.38. The molecule has 0 aliphatic carbocycles. The molecule has 2 rings (SSSR count). The van der Waals surface area contributed by atoms with Crippen molar-refractivity contribution in [2.75, 3.05) is 0 Å². The summed E-state index contributed by atoms with van der Waals surface area (Å²) in [7, 11) is 0. The monoisotopic (exact) mass is 221 g/mol. The topological polar surface area (TPSA) is 42.4 Å². The van der Waals surface area contributed by atoms with Gasteiger partial charge in [-0.2, -0.15) is 0 Å². The SMILES string of the molecule is OCc1ccc(OCc2cncs2)cc1. The third-order valence-electron chi connectivity index (χ3n) is 1.97. The zero-order valence-corrected chi connectivity index (χ0v) is 8.91. The molecule has 0 atom stereocenters. The maximum Gasteiger partial charge on any atom is 0.124 e. The molecule has 1 N–H and O–H groups in total. The Morgan fingerprint density at radius 3 is 2.67 bits per heavy atom. The number of thiazole rings is 1. The predicted octanol–water partition coefficient (Wildman–Crippen LogP) is 2.21. The molecule has 15 heavy (non-hydrogen) atoms. The van der Waals surface area contributed by atoms with Gasteiger partial charge in [-0.25, -0.2) is 0 Å². The van der Waals surface area contributed by atoms with Gasteiger partial charge in [0.2, 0.25) is 0 Å². The molecule has 0 aliphatic rings. The summed E-state index contributed by atoms with van der Waals surface area (Å²) in [5, 5.41) is 8.86. The van der Waals surface area contributed by atoms with E-state index in [0.29, 0.717) is 6.61 Å². The fourth-order valence-electron chi connectivity index (χ4n) is 1.16. The first kappa shape index (κ1) is 10.1. The molecular formula is C11H11NO2S. The largest absolute Gasteiger partial charge is 0.488 e. The standard InChI is InChI=1S/C11H11NO2S/c13-6-9-1-3-10(4-2-9)14-7-11-5-12-8-15-11/h1-5,8,13H,6-7H2. The van der Waals surface area contributed by atoms with Crippen molar-refractivity contribution in [1.29, 1.82) is 0 Å². The van der Waals surface area contributed by atoms with Gasteiger partial charge in [-0.05, 0) is 17.7 Å². The number of ether oxygens (including phenoxy) is 1. The Morgan fingerprint density at radius 1 is 1.27 bits per heavy atom. The van der Waals surface area contributed by atoms with Crippen molar-refractivity contribution in [1.82, 2.24) is 4.98 Å². The van der Waals surface area contributed by atoms with Gasteiger partial charge in [0.1, 0.15) is 12.4 Å². The Morgan fingerprint density at radius 2 is 2.07 bits per heavy atom. The highest BCUT2D eigenvalue weighted by Crippen LogP contribution is 2.15. The second-order valence-electron chi connectivity index (χ2n) is 3.06. The number of aliphatic hydroxyl groups excluding tert-OH is 1. The lowest BCUT2D eigenvalue weighted by molar-refractivity contribution is 0.281. The molecule has 0 bridgehead atoms. The van der Waals surface area contributed by atoms with Crippen LogP contribution in [0.3, 0.4) is 0 Å². The van der Waals surface area contributed by atoms with Gasteiger partial charge < -0.3 is 9.84 Å². The summed E-state index contributed by atoms with van der Waals surface area (Å²) in [6, 6.07) is 7.41. The second-order valence-corrected chi connectivity index (χ2v) is 4.03. The summed E-state index contributed by atoms with van der Waals surface area (Å²) in [5.41, 5.74) is 2.67. The molecule has 0 amide bonds. The van der Waals surface area contributed by atoms with Gasteiger partial charge in [0, 0.05) is 6.20 Å². The third kappa shape index (κ3) is 2.78. The minimum atomic E-state index is 0.0646. The van der Waals surface area contributed by atoms with E-state index in [2.05, 4.69) is 4.98 Å². The van der Waals surface area contributed by atoms with Crippen LogP contribution in [-0.2, 0) is 13.2 Å². The molecule has 0 fully saturated rings. The molecular weight excluding hydrogens is 210 g/mol. The first-order valence-electron chi connectivity index (χ1n) is 4.58. The van der Waals surface area contributed by atoms with Crippen LogP contribution >= 0.6 is 11.3 Å². The summed E-state index contributed by atoms with van der Waals surface area (Å²) in [6.07, 6.45) is 1.80. The fraction of sp³-hybridized carbons (Fsp3) is 0.182. The van der Waals surface area contributed by atoms with E-state index in [4.69, 9.17) is 9.84 Å². The van der Waals surface area contributed by atoms with Gasteiger partial charge in [-0.15, -0.1) is 11.3 Å². The quantitative estimate of drug-likeness (QED) is 0.860. The summed E-state index contributed by atoms with van der Waals surface area (Å²) >= 11 is 1.57. The molecule has 0 saturated carbocycles. The van der Waals surface area contributed by atoms with E-state index >= 15 is 0 Å². The van der Waals surface area contributed by atoms with E-state index in [1.807, 2.05) is 24.3 Å². The molecule has 0 saturated heterocycles. The van der Waals surface area contributed by atoms with Crippen molar-refractivity contribution < 1.29 is 9.84 Å². The normalized spacial score (nSPS) is 10.2. The summed E-state index contributed by atoms with van der Waals surface area (Å²) in [6.45, 7) is 0.609. The number of aliphatic hydroxyl groups is 1. The van der Waals surface area contributed by atoms with Crippen LogP contribution in [0.5, 0.6) is 5.75 Å². The van der Waals surface area contributed by atoms with Crippen LogP contribution in [0.1, 0.15) is 10.4 Å². The molecule has 0 spiro atoms. The van der Waals surface area contributed by atoms with Crippen molar-refractivity contribution in [3.8, 4) is 5.75 Å². The fourth-order valence-corrected chi connectivity index (χ4v) is 1.66. The number of hydrogen-bond acceptors (Lipinski definition) is 4. The Balaban J connectivity index is 1.93. The van der Waals surface area contributed by atoms with E-state index < -0.39 is 0 Å². The Kier molecular flexibility index (Phi) is 3.32. The molecule has 0 unspecified atom stereocenters. The lowest BCUT2D eigenvalue weighted by Gasteiger charge is -2.04. The van der Waals surface area contributed by atoms with E-state index in [0.717, 1.165) is 16.2 Å². The molecule has 1 aromatic heterocycles. The van der Waals surface area contributed by atoms with Gasteiger partial charge in [-0.3, -0.25) is 4.98 Å². The Bertz CT molecular complexity index is 397. The van der Waals surface area contributed by atoms with Crippen LogP contribution in [0.2, 0.25) is 0 Å². The predicted molar refractivity (Wildman–Crippen MR) is 58.8 cm³/mol. The highest BCUT2D eigenvalue weighted by molar-refractivity contribution is 7.09. The number of hydrogen-bond donors (Lipinski definition) is 1. The number of rotatable bonds is 4. The van der Waals surface area contributed by atoms with Crippen LogP contribution in [0.15, 0.2) is 36.0 Å². The average Bonchev–Trinajstić information content (AvgIpc) is 2.80. The molecule has 1 heterocycles. The van der Waals surface area contributed by atoms with Crippen molar-refractivity contribution >= 4 is 11.3 Å². The van der Waals surface area contributed by atoms with Crippen LogP contribution < -0.4 is 4.74 Å². The van der Waals surface area contributed by atoms with Gasteiger partial charge >= 0.3 is 0 Å². The van der Waals surface area contributed by atoms with E-state index in [1.54, 1.807) is 23.0 Å². The lowest BCUT2D eigenvalue weighted by Crippen LogP contribution is -1.93. The van der Waals surface area contributed by atoms with E-state index in [1.165, 1.54) is 0 Å². The smallest absolute Gasteiger partial charge is 0.124 e. The highest BCUT2D eigenvalue weighted by atomic mass is 32.1. The van der Waals surface area contributed by atoms with Crippen LogP contribution in [-0.4, -0.2) is 10.1 Å². The van der Waals surface area contributed by atoms with Gasteiger partial charge in [-0.1, -0.05) is 12.1 Å². The van der Waals surface area contributed by atoms with E-state index in [9.17, 15) is 0 Å². The number of nitrogens with zero attached hydrogens (tertiary/aromatic N) is 1. The molecule has 78 valence electrons. The average molecular weight is 221 g/mol. The maximum absolute atomic E-state index is 8.86. The van der Waals surface area contributed by atoms with E-state index in [-0.39, 0.29) is 6.61 Å². The van der Waals surface area contributed by atoms with Crippen LogP contribution in [0.25, 0.3) is 0 Å². The molecule has 2 aromatic rings. The maximum atomic E-state index is 8.86. The number of benzene rings is 1. The molecule has 4 heteroatoms. The zero-order chi connectivity index (χ0) is 10.5. The van der Waals surface area contributed by atoms with Crippen LogP contribution in [0.4, 0.5) is 0 Å². The minimum Gasteiger partial charge on any atom is -0.488 e. The zero-order valence-electron chi connectivity index (χ0n) is 8.09. The summed E-state index contributed by atoms with van der Waals surface area (Å²) < 4.78 is 5.54.